The van der Waals surface area contributed by atoms with Crippen LogP contribution in [-0.2, 0) is 6.54 Å². The minimum Gasteiger partial charge on any atom is -0.467 e. The van der Waals surface area contributed by atoms with Crippen molar-refractivity contribution in [3.63, 3.8) is 0 Å². The number of aliphatic hydroxyl groups is 1. The first kappa shape index (κ1) is 16.8. The Bertz CT molecular complexity index is 770. The number of aliphatic hydroxyl groups excluding tert-OH is 1. The zero-order valence-corrected chi connectivity index (χ0v) is 14.1. The van der Waals surface area contributed by atoms with Gasteiger partial charge in [0.05, 0.1) is 18.2 Å². The lowest BCUT2D eigenvalue weighted by Gasteiger charge is -2.16. The van der Waals surface area contributed by atoms with Gasteiger partial charge in [0.15, 0.2) is 0 Å². The number of H-pyrrole nitrogens is 1. The third-order valence-corrected chi connectivity index (χ3v) is 4.16. The average Bonchev–Trinajstić information content (AvgIpc) is 3.24. The summed E-state index contributed by atoms with van der Waals surface area (Å²) >= 11 is 6.06. The molecule has 2 heterocycles. The van der Waals surface area contributed by atoms with E-state index < -0.39 is 6.10 Å². The molecule has 0 aliphatic rings. The Kier molecular flexibility index (Phi) is 5.35. The molecule has 3 rings (SSSR count). The van der Waals surface area contributed by atoms with E-state index in [1.165, 1.54) is 0 Å². The minimum absolute atomic E-state index is 0.118. The van der Waals surface area contributed by atoms with Crippen molar-refractivity contribution in [2.24, 2.45) is 0 Å². The quantitative estimate of drug-likeness (QED) is 0.606. The van der Waals surface area contributed by atoms with Gasteiger partial charge in [-0.25, -0.2) is 0 Å². The number of halogens is 1. The highest BCUT2D eigenvalue weighted by molar-refractivity contribution is 6.30. The van der Waals surface area contributed by atoms with Crippen LogP contribution in [0.4, 0.5) is 0 Å². The predicted octanol–water partition coefficient (Wildman–Crippen LogP) is 3.92. The van der Waals surface area contributed by atoms with Crippen LogP contribution in [0.15, 0.2) is 53.3 Å². The summed E-state index contributed by atoms with van der Waals surface area (Å²) in [7, 11) is 0. The summed E-state index contributed by atoms with van der Waals surface area (Å²) in [4.78, 5) is 0. The van der Waals surface area contributed by atoms with Crippen molar-refractivity contribution in [2.75, 3.05) is 0 Å². The maximum atomic E-state index is 10.1. The van der Waals surface area contributed by atoms with Crippen LogP contribution in [0.5, 0.6) is 0 Å². The zero-order chi connectivity index (χ0) is 16.9. The molecular weight excluding hydrogens is 326 g/mol. The normalized spacial score (nSPS) is 13.8. The number of hydrogen-bond donors (Lipinski definition) is 3. The standard InChI is InChI=1S/C18H20ClN3O2/c1-12(8-16(23)17-6-3-7-24-17)20-10-14-11-21-22-18(14)13-4-2-5-15(19)9-13/h2-7,9,11-12,16,20,23H,8,10H2,1H3,(H,21,22). The Hall–Kier alpha value is -2.08. The highest BCUT2D eigenvalue weighted by Crippen LogP contribution is 2.24. The molecule has 0 spiro atoms. The van der Waals surface area contributed by atoms with Crippen LogP contribution in [-0.4, -0.2) is 21.3 Å². The molecule has 0 radical (unpaired) electrons. The first-order valence-electron chi connectivity index (χ1n) is 7.86. The molecule has 2 atom stereocenters. The number of aromatic nitrogens is 2. The van der Waals surface area contributed by atoms with Gasteiger partial charge in [0.25, 0.3) is 0 Å². The molecule has 3 aromatic rings. The number of nitrogens with one attached hydrogen (secondary N) is 2. The van der Waals surface area contributed by atoms with Crippen molar-refractivity contribution in [3.05, 3.63) is 65.2 Å². The van der Waals surface area contributed by atoms with Crippen molar-refractivity contribution in [1.29, 1.82) is 0 Å². The molecule has 5 nitrogen and oxygen atoms in total. The van der Waals surface area contributed by atoms with Crippen LogP contribution in [0.3, 0.4) is 0 Å². The van der Waals surface area contributed by atoms with Crippen molar-refractivity contribution in [2.45, 2.75) is 32.0 Å². The molecule has 0 saturated carbocycles. The number of benzene rings is 1. The Morgan fingerprint density at radius 3 is 2.96 bits per heavy atom. The van der Waals surface area contributed by atoms with Crippen LogP contribution in [0, 0.1) is 0 Å². The Labute approximate surface area is 145 Å². The first-order chi connectivity index (χ1) is 11.6. The molecule has 2 aromatic heterocycles. The van der Waals surface area contributed by atoms with E-state index in [4.69, 9.17) is 16.0 Å². The Balaban J connectivity index is 1.60. The summed E-state index contributed by atoms with van der Waals surface area (Å²) in [5, 5.41) is 21.4. The van der Waals surface area contributed by atoms with Gasteiger partial charge in [0, 0.05) is 28.7 Å². The number of aromatic amines is 1. The maximum Gasteiger partial charge on any atom is 0.132 e. The topological polar surface area (TPSA) is 74.1 Å². The molecule has 0 fully saturated rings. The van der Waals surface area contributed by atoms with E-state index in [9.17, 15) is 5.11 Å². The van der Waals surface area contributed by atoms with Crippen LogP contribution in [0.2, 0.25) is 5.02 Å². The van der Waals surface area contributed by atoms with Gasteiger partial charge in [-0.3, -0.25) is 5.10 Å². The van der Waals surface area contributed by atoms with Crippen molar-refractivity contribution in [3.8, 4) is 11.3 Å². The molecule has 24 heavy (non-hydrogen) atoms. The van der Waals surface area contributed by atoms with Gasteiger partial charge in [-0.15, -0.1) is 0 Å². The van der Waals surface area contributed by atoms with Crippen molar-refractivity contribution >= 4 is 11.6 Å². The predicted molar refractivity (Wildman–Crippen MR) is 93.6 cm³/mol. The van der Waals surface area contributed by atoms with E-state index in [1.807, 2.05) is 31.2 Å². The summed E-state index contributed by atoms with van der Waals surface area (Å²) in [6, 6.07) is 11.3. The number of furan rings is 1. The molecule has 3 N–H and O–H groups in total. The molecule has 0 amide bonds. The molecule has 2 unspecified atom stereocenters. The molecule has 1 aromatic carbocycles. The van der Waals surface area contributed by atoms with Gasteiger partial charge in [-0.05, 0) is 37.6 Å². The highest BCUT2D eigenvalue weighted by atomic mass is 35.5. The first-order valence-corrected chi connectivity index (χ1v) is 8.24. The Morgan fingerprint density at radius 1 is 1.33 bits per heavy atom. The van der Waals surface area contributed by atoms with Gasteiger partial charge >= 0.3 is 0 Å². The third kappa shape index (κ3) is 4.06. The molecule has 6 heteroatoms. The molecule has 0 saturated heterocycles. The SMILES string of the molecule is CC(CC(O)c1ccco1)NCc1cn[nH]c1-c1cccc(Cl)c1. The second kappa shape index (κ2) is 7.66. The summed E-state index contributed by atoms with van der Waals surface area (Å²) in [5.41, 5.74) is 3.00. The fraction of sp³-hybridized carbons (Fsp3) is 0.278. The minimum atomic E-state index is -0.612. The summed E-state index contributed by atoms with van der Waals surface area (Å²) in [5.74, 6) is 0.589. The van der Waals surface area contributed by atoms with Gasteiger partial charge in [0.1, 0.15) is 11.9 Å². The zero-order valence-electron chi connectivity index (χ0n) is 13.4. The lowest BCUT2D eigenvalue weighted by atomic mass is 10.1. The van der Waals surface area contributed by atoms with E-state index in [0.29, 0.717) is 23.7 Å². The fourth-order valence-corrected chi connectivity index (χ4v) is 2.83. The van der Waals surface area contributed by atoms with Gasteiger partial charge < -0.3 is 14.8 Å². The number of nitrogens with zero attached hydrogens (tertiary/aromatic N) is 1. The van der Waals surface area contributed by atoms with Gasteiger partial charge in [-0.2, -0.15) is 5.10 Å². The lowest BCUT2D eigenvalue weighted by Crippen LogP contribution is -2.27. The van der Waals surface area contributed by atoms with Crippen LogP contribution in [0.1, 0.15) is 30.8 Å². The molecule has 0 aliphatic heterocycles. The number of hydrogen-bond acceptors (Lipinski definition) is 4. The van der Waals surface area contributed by atoms with E-state index >= 15 is 0 Å². The average molecular weight is 346 g/mol. The van der Waals surface area contributed by atoms with Crippen LogP contribution < -0.4 is 5.32 Å². The fourth-order valence-electron chi connectivity index (χ4n) is 2.64. The van der Waals surface area contributed by atoms with E-state index in [2.05, 4.69) is 15.5 Å². The highest BCUT2D eigenvalue weighted by Gasteiger charge is 2.15. The third-order valence-electron chi connectivity index (χ3n) is 3.92. The van der Waals surface area contributed by atoms with E-state index in [-0.39, 0.29) is 6.04 Å². The summed E-state index contributed by atoms with van der Waals surface area (Å²) in [6.45, 7) is 2.68. The number of rotatable bonds is 7. The summed E-state index contributed by atoms with van der Waals surface area (Å²) < 4.78 is 5.23. The smallest absolute Gasteiger partial charge is 0.132 e. The lowest BCUT2D eigenvalue weighted by molar-refractivity contribution is 0.128. The van der Waals surface area contributed by atoms with Gasteiger partial charge in [0.2, 0.25) is 0 Å². The molecule has 126 valence electrons. The molecule has 0 aliphatic carbocycles. The molecule has 0 bridgehead atoms. The second-order valence-electron chi connectivity index (χ2n) is 5.83. The second-order valence-corrected chi connectivity index (χ2v) is 6.27. The van der Waals surface area contributed by atoms with E-state index in [1.54, 1.807) is 24.6 Å². The van der Waals surface area contributed by atoms with E-state index in [0.717, 1.165) is 16.8 Å². The van der Waals surface area contributed by atoms with Gasteiger partial charge in [-0.1, -0.05) is 23.7 Å². The monoisotopic (exact) mass is 345 g/mol. The molecular formula is C18H20ClN3O2. The van der Waals surface area contributed by atoms with Crippen LogP contribution in [0.25, 0.3) is 11.3 Å². The maximum absolute atomic E-state index is 10.1. The van der Waals surface area contributed by atoms with Crippen LogP contribution >= 0.6 is 11.6 Å². The van der Waals surface area contributed by atoms with Crippen molar-refractivity contribution < 1.29 is 9.52 Å². The Morgan fingerprint density at radius 2 is 2.21 bits per heavy atom. The van der Waals surface area contributed by atoms with Crippen molar-refractivity contribution in [1.82, 2.24) is 15.5 Å². The largest absolute Gasteiger partial charge is 0.467 e. The summed E-state index contributed by atoms with van der Waals surface area (Å²) in [6.07, 6.45) is 3.33.